The summed E-state index contributed by atoms with van der Waals surface area (Å²) in [5.74, 6) is 0.304. The van der Waals surface area contributed by atoms with Gasteiger partial charge in [0, 0.05) is 24.4 Å². The summed E-state index contributed by atoms with van der Waals surface area (Å²) in [4.78, 5) is 28.0. The van der Waals surface area contributed by atoms with E-state index in [1.165, 1.54) is 0 Å². The first kappa shape index (κ1) is 17.6. The predicted octanol–water partition coefficient (Wildman–Crippen LogP) is 2.76. The van der Waals surface area contributed by atoms with E-state index in [0.29, 0.717) is 29.0 Å². The molecule has 0 radical (unpaired) electrons. The number of pyridine rings is 1. The topological polar surface area (TPSA) is 98.6 Å². The lowest BCUT2D eigenvalue weighted by atomic mass is 9.98. The molecule has 1 aliphatic rings. The van der Waals surface area contributed by atoms with Crippen LogP contribution in [0.15, 0.2) is 49.1 Å². The van der Waals surface area contributed by atoms with Gasteiger partial charge >= 0.3 is 0 Å². The quantitative estimate of drug-likeness (QED) is 0.567. The molecular weight excluding hydrogens is 368 g/mol. The summed E-state index contributed by atoms with van der Waals surface area (Å²) in [6.45, 7) is 2.40. The Morgan fingerprint density at radius 1 is 1.31 bits per heavy atom. The van der Waals surface area contributed by atoms with Gasteiger partial charge in [-0.05, 0) is 31.2 Å². The minimum atomic E-state index is -0.198. The van der Waals surface area contributed by atoms with E-state index in [-0.39, 0.29) is 18.1 Å². The number of hydrogen-bond donors (Lipinski definition) is 1. The van der Waals surface area contributed by atoms with Gasteiger partial charge in [0.15, 0.2) is 0 Å². The van der Waals surface area contributed by atoms with Crippen LogP contribution in [0.1, 0.15) is 40.7 Å². The van der Waals surface area contributed by atoms with Crippen LogP contribution < -0.4 is 5.73 Å². The fourth-order valence-corrected chi connectivity index (χ4v) is 3.93. The van der Waals surface area contributed by atoms with Gasteiger partial charge < -0.3 is 15.4 Å². The summed E-state index contributed by atoms with van der Waals surface area (Å²) in [7, 11) is 1.79. The molecule has 4 heterocycles. The Morgan fingerprint density at radius 2 is 2.17 bits per heavy atom. The van der Waals surface area contributed by atoms with Crippen molar-refractivity contribution < 1.29 is 9.53 Å². The van der Waals surface area contributed by atoms with Gasteiger partial charge in [0.2, 0.25) is 0 Å². The third kappa shape index (κ3) is 2.72. The molecule has 8 heteroatoms. The molecule has 0 fully saturated rings. The molecule has 1 unspecified atom stereocenters. The first-order chi connectivity index (χ1) is 14.0. The number of nitrogens with two attached hydrogens (primary N) is 1. The highest BCUT2D eigenvalue weighted by molar-refractivity contribution is 5.98. The maximum Gasteiger partial charge on any atom is 0.254 e. The van der Waals surface area contributed by atoms with Crippen LogP contribution in [0.2, 0.25) is 0 Å². The standard InChI is InChI=1S/C21H20N6O2/c1-12-19-14(4-3-7-24-19)18(10-29-12)26(2)21(28)13-5-6-15-16(8-13)27-11-23-9-17(27)20(22)25-15/h3-9,11-12,18H,10H2,1-2H3,(H2,22,25)/t12?,18-/m1/s1. The highest BCUT2D eigenvalue weighted by atomic mass is 16.5. The molecule has 29 heavy (non-hydrogen) atoms. The Kier molecular flexibility index (Phi) is 3.95. The van der Waals surface area contributed by atoms with Crippen LogP contribution >= 0.6 is 0 Å². The van der Waals surface area contributed by atoms with Gasteiger partial charge in [0.25, 0.3) is 5.91 Å². The van der Waals surface area contributed by atoms with Crippen molar-refractivity contribution in [1.82, 2.24) is 24.3 Å². The average molecular weight is 388 g/mol. The number of rotatable bonds is 2. The zero-order valence-corrected chi connectivity index (χ0v) is 16.1. The molecule has 0 saturated carbocycles. The highest BCUT2D eigenvalue weighted by Gasteiger charge is 2.31. The van der Waals surface area contributed by atoms with Crippen molar-refractivity contribution >= 4 is 28.3 Å². The second kappa shape index (κ2) is 6.52. The number of nitrogens with zero attached hydrogens (tertiary/aromatic N) is 5. The van der Waals surface area contributed by atoms with Gasteiger partial charge in [-0.3, -0.25) is 14.2 Å². The van der Waals surface area contributed by atoms with Gasteiger partial charge in [0.1, 0.15) is 11.3 Å². The summed E-state index contributed by atoms with van der Waals surface area (Å²) < 4.78 is 7.71. The van der Waals surface area contributed by atoms with Gasteiger partial charge in [-0.2, -0.15) is 0 Å². The summed E-state index contributed by atoms with van der Waals surface area (Å²) >= 11 is 0. The van der Waals surface area contributed by atoms with Crippen molar-refractivity contribution in [3.63, 3.8) is 0 Å². The van der Waals surface area contributed by atoms with Crippen molar-refractivity contribution in [2.45, 2.75) is 19.1 Å². The summed E-state index contributed by atoms with van der Waals surface area (Å²) in [6.07, 6.45) is 5.00. The molecule has 3 aromatic heterocycles. The molecule has 146 valence electrons. The van der Waals surface area contributed by atoms with Crippen LogP contribution in [-0.2, 0) is 4.74 Å². The number of anilines is 1. The first-order valence-electron chi connectivity index (χ1n) is 9.39. The molecule has 0 bridgehead atoms. The van der Waals surface area contributed by atoms with Gasteiger partial charge in [-0.25, -0.2) is 9.97 Å². The highest BCUT2D eigenvalue weighted by Crippen LogP contribution is 2.34. The summed E-state index contributed by atoms with van der Waals surface area (Å²) in [5, 5.41) is 0. The molecule has 1 aliphatic heterocycles. The first-order valence-corrected chi connectivity index (χ1v) is 9.39. The maximum atomic E-state index is 13.3. The van der Waals surface area contributed by atoms with Gasteiger partial charge in [-0.1, -0.05) is 6.07 Å². The Labute approximate surface area is 167 Å². The van der Waals surface area contributed by atoms with Crippen molar-refractivity contribution in [1.29, 1.82) is 0 Å². The molecule has 1 amide bonds. The predicted molar refractivity (Wildman–Crippen MR) is 108 cm³/mol. The monoisotopic (exact) mass is 388 g/mol. The minimum Gasteiger partial charge on any atom is -0.382 e. The van der Waals surface area contributed by atoms with E-state index in [1.807, 2.05) is 29.5 Å². The fourth-order valence-electron chi connectivity index (χ4n) is 3.93. The lowest BCUT2D eigenvalue weighted by Crippen LogP contribution is -2.37. The number of aromatic nitrogens is 4. The number of imidazole rings is 1. The van der Waals surface area contributed by atoms with Crippen LogP contribution in [0.25, 0.3) is 16.6 Å². The van der Waals surface area contributed by atoms with Crippen molar-refractivity contribution in [3.05, 3.63) is 65.9 Å². The third-order valence-electron chi connectivity index (χ3n) is 5.53. The fraction of sp³-hybridized carbons (Fsp3) is 0.238. The molecule has 0 aliphatic carbocycles. The molecule has 4 aromatic rings. The molecule has 0 spiro atoms. The number of ether oxygens (including phenoxy) is 1. The van der Waals surface area contributed by atoms with Gasteiger partial charge in [0.05, 0.1) is 48.0 Å². The van der Waals surface area contributed by atoms with E-state index >= 15 is 0 Å². The molecule has 8 nitrogen and oxygen atoms in total. The second-order valence-corrected chi connectivity index (χ2v) is 7.23. The lowest BCUT2D eigenvalue weighted by molar-refractivity contribution is 0.00245. The Bertz CT molecular complexity index is 1250. The molecule has 5 rings (SSSR count). The lowest BCUT2D eigenvalue weighted by Gasteiger charge is -2.35. The number of carbonyl (C=O) groups is 1. The van der Waals surface area contributed by atoms with E-state index in [9.17, 15) is 4.79 Å². The van der Waals surface area contributed by atoms with Crippen LogP contribution in [0.3, 0.4) is 0 Å². The Balaban J connectivity index is 1.55. The maximum absolute atomic E-state index is 13.3. The van der Waals surface area contributed by atoms with E-state index in [2.05, 4.69) is 15.0 Å². The molecule has 0 saturated heterocycles. The number of fused-ring (bicyclic) bond motifs is 4. The van der Waals surface area contributed by atoms with E-state index in [4.69, 9.17) is 10.5 Å². The van der Waals surface area contributed by atoms with Gasteiger partial charge in [-0.15, -0.1) is 0 Å². The van der Waals surface area contributed by atoms with E-state index in [1.54, 1.807) is 42.8 Å². The molecule has 2 N–H and O–H groups in total. The zero-order chi connectivity index (χ0) is 20.1. The summed E-state index contributed by atoms with van der Waals surface area (Å²) in [6, 6.07) is 9.11. The van der Waals surface area contributed by atoms with Crippen molar-refractivity contribution in [2.24, 2.45) is 0 Å². The van der Waals surface area contributed by atoms with Crippen LogP contribution in [0.5, 0.6) is 0 Å². The average Bonchev–Trinajstić information content (AvgIpc) is 3.24. The van der Waals surface area contributed by atoms with Crippen molar-refractivity contribution in [3.8, 4) is 0 Å². The van der Waals surface area contributed by atoms with Crippen LogP contribution in [0.4, 0.5) is 5.82 Å². The number of benzene rings is 1. The normalized spacial score (nSPS) is 18.7. The molecular formula is C21H20N6O2. The molecule has 2 atom stereocenters. The van der Waals surface area contributed by atoms with E-state index in [0.717, 1.165) is 16.8 Å². The van der Waals surface area contributed by atoms with Crippen LogP contribution in [0, 0.1) is 0 Å². The SMILES string of the molecule is CC1OC[C@@H](N(C)C(=O)c2ccc3nc(N)c4cncn4c3c2)c2cccnc21. The second-order valence-electron chi connectivity index (χ2n) is 7.23. The third-order valence-corrected chi connectivity index (χ3v) is 5.53. The Morgan fingerprint density at radius 3 is 3.03 bits per heavy atom. The van der Waals surface area contributed by atoms with E-state index < -0.39 is 0 Å². The smallest absolute Gasteiger partial charge is 0.254 e. The number of amides is 1. The Hall–Kier alpha value is -3.52. The zero-order valence-electron chi connectivity index (χ0n) is 16.1. The minimum absolute atomic E-state index is 0.0855. The number of likely N-dealkylation sites (N-methyl/N-ethyl adjacent to an activating group) is 1. The summed E-state index contributed by atoms with van der Waals surface area (Å²) in [5.41, 5.74) is 10.7. The molecule has 1 aromatic carbocycles. The number of hydrogen-bond acceptors (Lipinski definition) is 6. The number of carbonyl (C=O) groups excluding carboxylic acids is 1. The number of nitrogen functional groups attached to an aromatic ring is 1. The van der Waals surface area contributed by atoms with Crippen molar-refractivity contribution in [2.75, 3.05) is 19.4 Å². The van der Waals surface area contributed by atoms with Crippen LogP contribution in [-0.4, -0.2) is 43.8 Å². The largest absolute Gasteiger partial charge is 0.382 e.